The highest BCUT2D eigenvalue weighted by atomic mass is 32.1. The summed E-state index contributed by atoms with van der Waals surface area (Å²) in [6.45, 7) is 5.13. The van der Waals surface area contributed by atoms with Crippen LogP contribution in [-0.4, -0.2) is 36.0 Å². The zero-order chi connectivity index (χ0) is 21.2. The Morgan fingerprint density at radius 1 is 1.06 bits per heavy atom. The first-order chi connectivity index (χ1) is 15.2. The second-order valence-electron chi connectivity index (χ2n) is 8.58. The molecule has 31 heavy (non-hydrogen) atoms. The molecule has 4 nitrogen and oxygen atoms in total. The Morgan fingerprint density at radius 3 is 2.65 bits per heavy atom. The van der Waals surface area contributed by atoms with Crippen LogP contribution in [-0.2, 0) is 6.61 Å². The van der Waals surface area contributed by atoms with E-state index >= 15 is 0 Å². The van der Waals surface area contributed by atoms with E-state index in [1.807, 2.05) is 48.5 Å². The van der Waals surface area contributed by atoms with E-state index in [1.54, 1.807) is 11.3 Å². The molecule has 3 saturated heterocycles. The summed E-state index contributed by atoms with van der Waals surface area (Å²) in [7, 11) is 0. The number of ether oxygens (including phenoxy) is 1. The molecule has 0 spiro atoms. The van der Waals surface area contributed by atoms with Crippen LogP contribution < -0.4 is 10.1 Å². The number of benzene rings is 2. The molecule has 3 aliphatic heterocycles. The normalized spacial score (nSPS) is 24.7. The Hall–Kier alpha value is -2.63. The predicted octanol–water partition coefficient (Wildman–Crippen LogP) is 5.21. The maximum Gasteiger partial charge on any atom is 0.261 e. The molecule has 5 heteroatoms. The van der Waals surface area contributed by atoms with Gasteiger partial charge in [0.25, 0.3) is 5.91 Å². The van der Waals surface area contributed by atoms with Crippen molar-refractivity contribution in [1.29, 1.82) is 0 Å². The van der Waals surface area contributed by atoms with Gasteiger partial charge >= 0.3 is 0 Å². The van der Waals surface area contributed by atoms with Crippen molar-refractivity contribution in [1.82, 2.24) is 10.2 Å². The van der Waals surface area contributed by atoms with Gasteiger partial charge in [-0.1, -0.05) is 42.5 Å². The van der Waals surface area contributed by atoms with Gasteiger partial charge in [-0.25, -0.2) is 0 Å². The van der Waals surface area contributed by atoms with Gasteiger partial charge in [0.05, 0.1) is 4.88 Å². The van der Waals surface area contributed by atoms with E-state index < -0.39 is 0 Å². The van der Waals surface area contributed by atoms with Crippen LogP contribution in [0.1, 0.15) is 35.0 Å². The molecule has 3 aliphatic rings. The molecule has 3 fully saturated rings. The number of nitrogens with zero attached hydrogens (tertiary/aromatic N) is 1. The molecule has 2 unspecified atom stereocenters. The minimum Gasteiger partial charge on any atom is -0.489 e. The summed E-state index contributed by atoms with van der Waals surface area (Å²) in [4.78, 5) is 17.3. The lowest BCUT2D eigenvalue weighted by Crippen LogP contribution is -2.62. The zero-order valence-corrected chi connectivity index (χ0v) is 18.6. The van der Waals surface area contributed by atoms with Crippen LogP contribution in [0.4, 0.5) is 0 Å². The third kappa shape index (κ3) is 4.39. The largest absolute Gasteiger partial charge is 0.489 e. The molecule has 1 amide bonds. The first-order valence-corrected chi connectivity index (χ1v) is 11.9. The molecule has 0 radical (unpaired) electrons. The third-order valence-corrected chi connectivity index (χ3v) is 7.81. The molecule has 1 aromatic heterocycles. The standard InChI is InChI=1S/C26H28N2O2S/c1-18-25(20-12-14-28(18)15-13-20)27-26(29)24-11-10-23(31-24)21-8-5-9-22(16-21)30-17-19-6-3-2-4-7-19/h2-11,16,18,20,25H,12-15,17H2,1H3,(H,27,29). The number of fused-ring (bicyclic) bond motifs is 3. The Bertz CT molecular complexity index is 1040. The van der Waals surface area contributed by atoms with Crippen molar-refractivity contribution in [3.8, 4) is 16.2 Å². The molecule has 1 N–H and O–H groups in total. The van der Waals surface area contributed by atoms with Gasteiger partial charge in [-0.15, -0.1) is 11.3 Å². The van der Waals surface area contributed by atoms with Crippen molar-refractivity contribution in [3.63, 3.8) is 0 Å². The van der Waals surface area contributed by atoms with Crippen molar-refractivity contribution < 1.29 is 9.53 Å². The Kier molecular flexibility index (Phi) is 5.79. The SMILES string of the molecule is CC1C(NC(=O)c2ccc(-c3cccc(OCc4ccccc4)c3)s2)C2CCN1CC2. The number of nitrogens with one attached hydrogen (secondary N) is 1. The van der Waals surface area contributed by atoms with Gasteiger partial charge in [0, 0.05) is 17.0 Å². The second-order valence-corrected chi connectivity index (χ2v) is 9.66. The van der Waals surface area contributed by atoms with Crippen molar-refractivity contribution >= 4 is 17.2 Å². The first-order valence-electron chi connectivity index (χ1n) is 11.1. The Balaban J connectivity index is 1.25. The number of rotatable bonds is 6. The average molecular weight is 433 g/mol. The maximum absolute atomic E-state index is 13.0. The summed E-state index contributed by atoms with van der Waals surface area (Å²) in [5, 5.41) is 3.34. The van der Waals surface area contributed by atoms with Crippen LogP contribution in [0.15, 0.2) is 66.7 Å². The number of amides is 1. The van der Waals surface area contributed by atoms with Gasteiger partial charge < -0.3 is 10.1 Å². The molecule has 4 heterocycles. The Labute approximate surface area is 187 Å². The molecule has 2 aromatic carbocycles. The van der Waals surface area contributed by atoms with Crippen LogP contribution in [0, 0.1) is 5.92 Å². The number of carbonyl (C=O) groups excluding carboxylic acids is 1. The lowest BCUT2D eigenvalue weighted by atomic mass is 9.79. The van der Waals surface area contributed by atoms with Crippen LogP contribution in [0.3, 0.4) is 0 Å². The quantitative estimate of drug-likeness (QED) is 0.582. The highest BCUT2D eigenvalue weighted by molar-refractivity contribution is 7.17. The van der Waals surface area contributed by atoms with Crippen molar-refractivity contribution in [2.45, 2.75) is 38.5 Å². The van der Waals surface area contributed by atoms with Gasteiger partial charge in [-0.05, 0) is 74.2 Å². The number of piperidine rings is 3. The van der Waals surface area contributed by atoms with Crippen LogP contribution in [0.2, 0.25) is 0 Å². The highest BCUT2D eigenvalue weighted by Gasteiger charge is 2.40. The number of thiophene rings is 1. The van der Waals surface area contributed by atoms with Crippen LogP contribution >= 0.6 is 11.3 Å². The molecular formula is C26H28N2O2S. The summed E-state index contributed by atoms with van der Waals surface area (Å²) >= 11 is 1.55. The number of hydrogen-bond acceptors (Lipinski definition) is 4. The van der Waals surface area contributed by atoms with Gasteiger partial charge in [-0.2, -0.15) is 0 Å². The van der Waals surface area contributed by atoms with Gasteiger partial charge in [0.15, 0.2) is 0 Å². The van der Waals surface area contributed by atoms with Crippen LogP contribution in [0.25, 0.3) is 10.4 Å². The fraction of sp³-hybridized carbons (Fsp3) is 0.346. The highest BCUT2D eigenvalue weighted by Crippen LogP contribution is 2.34. The molecular weight excluding hydrogens is 404 g/mol. The molecule has 0 saturated carbocycles. The monoisotopic (exact) mass is 432 g/mol. The topological polar surface area (TPSA) is 41.6 Å². The van der Waals surface area contributed by atoms with Gasteiger partial charge in [-0.3, -0.25) is 9.69 Å². The predicted molar refractivity (Wildman–Crippen MR) is 126 cm³/mol. The summed E-state index contributed by atoms with van der Waals surface area (Å²) in [5.41, 5.74) is 2.22. The first kappa shape index (κ1) is 20.3. The molecule has 3 aromatic rings. The van der Waals surface area contributed by atoms with Gasteiger partial charge in [0.1, 0.15) is 12.4 Å². The van der Waals surface area contributed by atoms with E-state index in [1.165, 1.54) is 25.9 Å². The van der Waals surface area contributed by atoms with Crippen molar-refractivity contribution in [2.75, 3.05) is 13.1 Å². The molecule has 6 rings (SSSR count). The van der Waals surface area contributed by atoms with E-state index in [-0.39, 0.29) is 11.9 Å². The minimum absolute atomic E-state index is 0.0540. The number of carbonyl (C=O) groups is 1. The maximum atomic E-state index is 13.0. The van der Waals surface area contributed by atoms with Crippen LogP contribution in [0.5, 0.6) is 5.75 Å². The van der Waals surface area contributed by atoms with E-state index in [9.17, 15) is 4.79 Å². The Morgan fingerprint density at radius 2 is 1.87 bits per heavy atom. The van der Waals surface area contributed by atoms with Crippen molar-refractivity contribution in [2.24, 2.45) is 5.92 Å². The van der Waals surface area contributed by atoms with E-state index in [2.05, 4.69) is 35.3 Å². The molecule has 2 bridgehead atoms. The van der Waals surface area contributed by atoms with E-state index in [0.29, 0.717) is 18.6 Å². The average Bonchev–Trinajstić information content (AvgIpc) is 3.32. The smallest absolute Gasteiger partial charge is 0.261 e. The van der Waals surface area contributed by atoms with Crippen molar-refractivity contribution in [3.05, 3.63) is 77.2 Å². The zero-order valence-electron chi connectivity index (χ0n) is 17.8. The minimum atomic E-state index is 0.0540. The van der Waals surface area contributed by atoms with Gasteiger partial charge in [0.2, 0.25) is 0 Å². The lowest BCUT2D eigenvalue weighted by molar-refractivity contribution is 0.0218. The summed E-state index contributed by atoms with van der Waals surface area (Å²) in [5.74, 6) is 1.50. The molecule has 0 aliphatic carbocycles. The summed E-state index contributed by atoms with van der Waals surface area (Å²) in [6.07, 6.45) is 2.39. The van der Waals surface area contributed by atoms with E-state index in [4.69, 9.17) is 4.74 Å². The second kappa shape index (κ2) is 8.85. The summed E-state index contributed by atoms with van der Waals surface area (Å²) < 4.78 is 5.97. The number of hydrogen-bond donors (Lipinski definition) is 1. The fourth-order valence-electron chi connectivity index (χ4n) is 4.86. The third-order valence-electron chi connectivity index (χ3n) is 6.67. The fourth-order valence-corrected chi connectivity index (χ4v) is 5.77. The summed E-state index contributed by atoms with van der Waals surface area (Å²) in [6, 6.07) is 22.9. The molecule has 160 valence electrons. The van der Waals surface area contributed by atoms with E-state index in [0.717, 1.165) is 26.6 Å². The lowest BCUT2D eigenvalue weighted by Gasteiger charge is -2.49. The molecule has 2 atom stereocenters.